The summed E-state index contributed by atoms with van der Waals surface area (Å²) in [7, 11) is 0. The van der Waals surface area contributed by atoms with Gasteiger partial charge in [-0.3, -0.25) is 14.9 Å². The van der Waals surface area contributed by atoms with E-state index in [1.807, 2.05) is 31.4 Å². The lowest BCUT2D eigenvalue weighted by Crippen LogP contribution is -2.57. The predicted molar refractivity (Wildman–Crippen MR) is 125 cm³/mol. The monoisotopic (exact) mass is 493 g/mol. The van der Waals surface area contributed by atoms with Crippen molar-refractivity contribution in [3.8, 4) is 16.3 Å². The Morgan fingerprint density at radius 2 is 2.09 bits per heavy atom. The van der Waals surface area contributed by atoms with Gasteiger partial charge in [0, 0.05) is 17.1 Å². The molecule has 0 bridgehead atoms. The third kappa shape index (κ3) is 4.91. The predicted octanol–water partition coefficient (Wildman–Crippen LogP) is 4.14. The number of aromatic nitrogens is 2. The van der Waals surface area contributed by atoms with Gasteiger partial charge in [0.2, 0.25) is 5.91 Å². The average Bonchev–Trinajstić information content (AvgIpc) is 3.41. The molecule has 1 saturated heterocycles. The molecule has 2 amide bonds. The van der Waals surface area contributed by atoms with Crippen LogP contribution in [0.25, 0.3) is 10.6 Å². The Morgan fingerprint density at radius 3 is 2.78 bits per heavy atom. The lowest BCUT2D eigenvalue weighted by Gasteiger charge is -2.34. The number of nitrogens with zero attached hydrogens (tertiary/aromatic N) is 2. The van der Waals surface area contributed by atoms with Crippen molar-refractivity contribution in [2.24, 2.45) is 5.92 Å². The van der Waals surface area contributed by atoms with E-state index in [1.54, 1.807) is 22.9 Å². The summed E-state index contributed by atoms with van der Waals surface area (Å²) < 4.78 is 7.08. The van der Waals surface area contributed by atoms with Gasteiger partial charge in [-0.25, -0.2) is 4.68 Å². The minimum Gasteiger partial charge on any atom is -0.482 e. The molecule has 3 unspecified atom stereocenters. The van der Waals surface area contributed by atoms with Crippen molar-refractivity contribution >= 4 is 52.2 Å². The van der Waals surface area contributed by atoms with Crippen LogP contribution in [0.2, 0.25) is 10.0 Å². The van der Waals surface area contributed by atoms with Crippen molar-refractivity contribution in [3.63, 3.8) is 0 Å². The largest absolute Gasteiger partial charge is 0.482 e. The number of thiophene rings is 1. The highest BCUT2D eigenvalue weighted by atomic mass is 35.5. The smallest absolute Gasteiger partial charge is 0.263 e. The van der Waals surface area contributed by atoms with Gasteiger partial charge in [-0.1, -0.05) is 36.2 Å². The highest BCUT2D eigenvalue weighted by Gasteiger charge is 2.32. The minimum atomic E-state index is -0.607. The van der Waals surface area contributed by atoms with E-state index in [1.165, 1.54) is 17.4 Å². The molecule has 168 valence electrons. The Kier molecular flexibility index (Phi) is 6.71. The van der Waals surface area contributed by atoms with Gasteiger partial charge in [0.05, 0.1) is 15.8 Å². The summed E-state index contributed by atoms with van der Waals surface area (Å²) >= 11 is 13.5. The number of benzene rings is 1. The summed E-state index contributed by atoms with van der Waals surface area (Å²) in [5.74, 6) is 0.0896. The van der Waals surface area contributed by atoms with Crippen LogP contribution in [0, 0.1) is 5.92 Å². The molecule has 3 N–H and O–H groups in total. The summed E-state index contributed by atoms with van der Waals surface area (Å²) in [6, 6.07) is 10.3. The maximum atomic E-state index is 12.6. The zero-order valence-electron chi connectivity index (χ0n) is 17.3. The molecular weight excluding hydrogens is 473 g/mol. The van der Waals surface area contributed by atoms with Gasteiger partial charge in [0.15, 0.2) is 12.9 Å². The first-order valence-corrected chi connectivity index (χ1v) is 11.5. The number of halogens is 2. The van der Waals surface area contributed by atoms with E-state index < -0.39 is 12.2 Å². The van der Waals surface area contributed by atoms with Crippen LogP contribution < -0.4 is 20.7 Å². The molecule has 4 rings (SSSR count). The van der Waals surface area contributed by atoms with Crippen LogP contribution >= 0.6 is 34.5 Å². The van der Waals surface area contributed by atoms with Gasteiger partial charge in [-0.05, 0) is 36.6 Å². The number of ether oxygens (including phenoxy) is 1. The fourth-order valence-corrected chi connectivity index (χ4v) is 4.35. The maximum absolute atomic E-state index is 12.6. The molecule has 3 atom stereocenters. The van der Waals surface area contributed by atoms with E-state index in [-0.39, 0.29) is 24.5 Å². The van der Waals surface area contributed by atoms with Gasteiger partial charge in [-0.15, -0.1) is 11.3 Å². The molecule has 2 aromatic heterocycles. The zero-order valence-corrected chi connectivity index (χ0v) is 19.6. The molecule has 32 heavy (non-hydrogen) atoms. The second-order valence-electron chi connectivity index (χ2n) is 7.40. The van der Waals surface area contributed by atoms with Crippen LogP contribution in [0.3, 0.4) is 0 Å². The van der Waals surface area contributed by atoms with Crippen molar-refractivity contribution < 1.29 is 14.3 Å². The first-order chi connectivity index (χ1) is 15.3. The highest BCUT2D eigenvalue weighted by Crippen LogP contribution is 2.29. The van der Waals surface area contributed by atoms with Crippen molar-refractivity contribution in [1.82, 2.24) is 20.4 Å². The molecule has 0 aliphatic carbocycles. The average molecular weight is 494 g/mol. The Balaban J connectivity index is 1.54. The molecular formula is C21H21Cl2N5O3S. The van der Waals surface area contributed by atoms with Gasteiger partial charge >= 0.3 is 0 Å². The lowest BCUT2D eigenvalue weighted by atomic mass is 10.0. The summed E-state index contributed by atoms with van der Waals surface area (Å²) in [5.41, 5.74) is 0.680. The third-order valence-electron chi connectivity index (χ3n) is 5.14. The molecule has 3 heterocycles. The fraction of sp³-hybridized carbons (Fsp3) is 0.286. The van der Waals surface area contributed by atoms with E-state index in [0.717, 1.165) is 4.88 Å². The van der Waals surface area contributed by atoms with Crippen LogP contribution in [0.15, 0.2) is 41.8 Å². The van der Waals surface area contributed by atoms with Crippen molar-refractivity contribution in [1.29, 1.82) is 0 Å². The van der Waals surface area contributed by atoms with Crippen LogP contribution in [0.1, 0.15) is 20.1 Å². The Morgan fingerprint density at radius 1 is 1.28 bits per heavy atom. The highest BCUT2D eigenvalue weighted by molar-refractivity contribution is 7.13. The van der Waals surface area contributed by atoms with Crippen molar-refractivity contribution in [2.45, 2.75) is 26.2 Å². The van der Waals surface area contributed by atoms with E-state index in [2.05, 4.69) is 21.0 Å². The SMILES string of the molecule is CC1NC(n2nc(-c3cccs3)cc2NC(=O)COc2ccc(Cl)cc2Cl)NC(=O)C1C. The molecule has 0 spiro atoms. The summed E-state index contributed by atoms with van der Waals surface area (Å²) in [6.45, 7) is 3.52. The van der Waals surface area contributed by atoms with Gasteiger partial charge < -0.3 is 15.4 Å². The van der Waals surface area contributed by atoms with Crippen LogP contribution in [0.4, 0.5) is 5.82 Å². The quantitative estimate of drug-likeness (QED) is 0.479. The molecule has 1 aliphatic rings. The standard InChI is InChI=1S/C21H21Cl2N5O3S/c1-11-12(2)24-21(26-20(11)30)28-18(9-15(27-28)17-4-3-7-32-17)25-19(29)10-31-16-6-5-13(22)8-14(16)23/h3-9,11-12,21,24H,10H2,1-2H3,(H,25,29)(H,26,30). The van der Waals surface area contributed by atoms with Gasteiger partial charge in [-0.2, -0.15) is 5.10 Å². The number of carbonyl (C=O) groups excluding carboxylic acids is 2. The number of anilines is 1. The summed E-state index contributed by atoms with van der Waals surface area (Å²) in [4.78, 5) is 25.9. The van der Waals surface area contributed by atoms with Crippen molar-refractivity contribution in [3.05, 3.63) is 51.8 Å². The van der Waals surface area contributed by atoms with Crippen molar-refractivity contribution in [2.75, 3.05) is 11.9 Å². The van der Waals surface area contributed by atoms with Gasteiger partial charge in [0.1, 0.15) is 17.3 Å². The molecule has 1 fully saturated rings. The molecule has 3 aromatic rings. The maximum Gasteiger partial charge on any atom is 0.263 e. The molecule has 11 heteroatoms. The summed E-state index contributed by atoms with van der Waals surface area (Å²) in [5, 5.41) is 16.4. The molecule has 0 radical (unpaired) electrons. The summed E-state index contributed by atoms with van der Waals surface area (Å²) in [6.07, 6.45) is -0.607. The second-order valence-corrected chi connectivity index (χ2v) is 9.19. The number of amides is 2. The molecule has 8 nitrogen and oxygen atoms in total. The molecule has 1 aliphatic heterocycles. The number of hydrogen-bond donors (Lipinski definition) is 3. The van der Waals surface area contributed by atoms with E-state index >= 15 is 0 Å². The number of carbonyl (C=O) groups is 2. The number of hydrogen-bond acceptors (Lipinski definition) is 6. The molecule has 1 aromatic carbocycles. The number of nitrogens with one attached hydrogen (secondary N) is 3. The van der Waals surface area contributed by atoms with E-state index in [0.29, 0.717) is 27.3 Å². The zero-order chi connectivity index (χ0) is 22.8. The fourth-order valence-electron chi connectivity index (χ4n) is 3.20. The number of rotatable bonds is 6. The minimum absolute atomic E-state index is 0.0675. The second kappa shape index (κ2) is 9.50. The first-order valence-electron chi connectivity index (χ1n) is 9.89. The molecule has 0 saturated carbocycles. The third-order valence-corrected chi connectivity index (χ3v) is 6.56. The van der Waals surface area contributed by atoms with Gasteiger partial charge in [0.25, 0.3) is 5.91 Å². The Labute approximate surface area is 198 Å². The van der Waals surface area contributed by atoms with E-state index in [4.69, 9.17) is 27.9 Å². The van der Waals surface area contributed by atoms with E-state index in [9.17, 15) is 9.59 Å². The van der Waals surface area contributed by atoms with Crippen LogP contribution in [0.5, 0.6) is 5.75 Å². The Bertz CT molecular complexity index is 1130. The normalized spacial score (nSPS) is 20.6. The first kappa shape index (κ1) is 22.6. The van der Waals surface area contributed by atoms with Crippen LogP contribution in [-0.2, 0) is 9.59 Å². The lowest BCUT2D eigenvalue weighted by molar-refractivity contribution is -0.130. The van der Waals surface area contributed by atoms with Crippen LogP contribution in [-0.4, -0.2) is 34.2 Å². The Hall–Kier alpha value is -2.59. The topological polar surface area (TPSA) is 97.3 Å².